The second kappa shape index (κ2) is 7.01. The van der Waals surface area contributed by atoms with E-state index in [2.05, 4.69) is 0 Å². The summed E-state index contributed by atoms with van der Waals surface area (Å²) in [6.07, 6.45) is -1.45. The standard InChI is InChI=1S/C24H29F3O6/c1-12(28)33-11-19(32)22(4)17(30)8-14-15-9-23(25,26)16-7-13(29)5-6-20(16,2)24(15,27)18(31)10-21(14,22)3/h5-7,14-15,17-18,30-31H,8-11H2,1-4H3/t14-,15?,17+,18-,20?,21?,22-,24-/m0/s1. The average Bonchev–Trinajstić information content (AvgIpc) is 2.91. The number of ether oxygens (including phenoxy) is 1. The number of carbonyl (C=O) groups is 3. The van der Waals surface area contributed by atoms with Crippen LogP contribution in [-0.2, 0) is 19.1 Å². The van der Waals surface area contributed by atoms with Gasteiger partial charge >= 0.3 is 5.97 Å². The molecule has 0 spiro atoms. The van der Waals surface area contributed by atoms with Crippen LogP contribution >= 0.6 is 0 Å². The Hall–Kier alpha value is -2.00. The molecule has 9 heteroatoms. The number of alkyl halides is 3. The molecule has 0 saturated heterocycles. The Morgan fingerprint density at radius 2 is 1.73 bits per heavy atom. The molecule has 8 atom stereocenters. The maximum atomic E-state index is 17.0. The molecule has 0 aromatic carbocycles. The third-order valence-electron chi connectivity index (χ3n) is 9.36. The summed E-state index contributed by atoms with van der Waals surface area (Å²) in [6, 6.07) is 0. The van der Waals surface area contributed by atoms with E-state index in [1.54, 1.807) is 6.92 Å². The molecule has 4 aliphatic carbocycles. The number of allylic oxidation sites excluding steroid dienone is 4. The van der Waals surface area contributed by atoms with Crippen LogP contribution in [0, 0.1) is 28.1 Å². The molecule has 4 rings (SSSR count). The van der Waals surface area contributed by atoms with E-state index in [1.807, 2.05) is 0 Å². The average molecular weight is 470 g/mol. The highest BCUT2D eigenvalue weighted by Crippen LogP contribution is 2.73. The molecule has 4 aliphatic rings. The van der Waals surface area contributed by atoms with Gasteiger partial charge in [0.2, 0.25) is 0 Å². The Morgan fingerprint density at radius 1 is 1.09 bits per heavy atom. The van der Waals surface area contributed by atoms with Gasteiger partial charge in [0.15, 0.2) is 23.8 Å². The first kappa shape index (κ1) is 24.1. The van der Waals surface area contributed by atoms with Gasteiger partial charge in [-0.2, -0.15) is 0 Å². The third kappa shape index (κ3) is 2.84. The van der Waals surface area contributed by atoms with Crippen LogP contribution < -0.4 is 0 Å². The molecular formula is C24H29F3O6. The Labute approximate surface area is 189 Å². The van der Waals surface area contributed by atoms with Gasteiger partial charge in [0.1, 0.15) is 0 Å². The van der Waals surface area contributed by atoms with E-state index in [-0.39, 0.29) is 12.8 Å². The lowest BCUT2D eigenvalue weighted by Crippen LogP contribution is -2.70. The van der Waals surface area contributed by atoms with Crippen LogP contribution in [0.15, 0.2) is 23.8 Å². The summed E-state index contributed by atoms with van der Waals surface area (Å²) in [6.45, 7) is 4.86. The van der Waals surface area contributed by atoms with Crippen LogP contribution in [-0.4, -0.2) is 58.2 Å². The highest BCUT2D eigenvalue weighted by molar-refractivity contribution is 6.01. The highest BCUT2D eigenvalue weighted by Gasteiger charge is 2.78. The fourth-order valence-electron chi connectivity index (χ4n) is 7.29. The monoisotopic (exact) mass is 470 g/mol. The first-order valence-corrected chi connectivity index (χ1v) is 11.1. The molecule has 6 nitrogen and oxygen atoms in total. The molecule has 0 aliphatic heterocycles. The van der Waals surface area contributed by atoms with Gasteiger partial charge in [-0.3, -0.25) is 14.4 Å². The van der Waals surface area contributed by atoms with Gasteiger partial charge in [-0.05, 0) is 50.2 Å². The van der Waals surface area contributed by atoms with Crippen LogP contribution in [0.3, 0.4) is 0 Å². The topological polar surface area (TPSA) is 101 Å². The molecule has 0 radical (unpaired) electrons. The van der Waals surface area contributed by atoms with Crippen molar-refractivity contribution < 1.29 is 42.5 Å². The predicted molar refractivity (Wildman–Crippen MR) is 110 cm³/mol. The van der Waals surface area contributed by atoms with Crippen LogP contribution in [0.1, 0.15) is 47.0 Å². The van der Waals surface area contributed by atoms with Crippen molar-refractivity contribution in [1.29, 1.82) is 0 Å². The zero-order chi connectivity index (χ0) is 24.8. The number of aliphatic hydroxyl groups excluding tert-OH is 2. The maximum Gasteiger partial charge on any atom is 0.303 e. The van der Waals surface area contributed by atoms with Crippen LogP contribution in [0.25, 0.3) is 0 Å². The van der Waals surface area contributed by atoms with E-state index < -0.39 is 88.0 Å². The number of ketones is 2. The van der Waals surface area contributed by atoms with Crippen molar-refractivity contribution in [2.75, 3.05) is 6.61 Å². The molecule has 0 heterocycles. The van der Waals surface area contributed by atoms with Crippen LogP contribution in [0.4, 0.5) is 13.2 Å². The SMILES string of the molecule is CC(=O)OCC(=O)[C@]1(C)[C@H](O)C[C@H]2C3CC(F)(F)C4=CC(=O)C=CC4(C)[C@@]3(F)[C@@H](O)CC21C. The van der Waals surface area contributed by atoms with Crippen molar-refractivity contribution >= 4 is 17.5 Å². The first-order chi connectivity index (χ1) is 15.1. The molecule has 0 bridgehead atoms. The number of esters is 1. The zero-order valence-electron chi connectivity index (χ0n) is 19.0. The van der Waals surface area contributed by atoms with E-state index in [0.29, 0.717) is 0 Å². The lowest BCUT2D eigenvalue weighted by molar-refractivity contribution is -0.231. The van der Waals surface area contributed by atoms with Crippen molar-refractivity contribution in [3.8, 4) is 0 Å². The van der Waals surface area contributed by atoms with Crippen molar-refractivity contribution in [3.63, 3.8) is 0 Å². The highest BCUT2D eigenvalue weighted by atomic mass is 19.3. The lowest BCUT2D eigenvalue weighted by Gasteiger charge is -2.63. The summed E-state index contributed by atoms with van der Waals surface area (Å²) in [4.78, 5) is 36.2. The van der Waals surface area contributed by atoms with Crippen LogP contribution in [0.5, 0.6) is 0 Å². The van der Waals surface area contributed by atoms with E-state index >= 15 is 13.2 Å². The molecule has 3 unspecified atom stereocenters. The largest absolute Gasteiger partial charge is 0.458 e. The van der Waals surface area contributed by atoms with Gasteiger partial charge in [0.05, 0.1) is 23.0 Å². The van der Waals surface area contributed by atoms with Crippen LogP contribution in [0.2, 0.25) is 0 Å². The summed E-state index contributed by atoms with van der Waals surface area (Å²) in [7, 11) is 0. The minimum Gasteiger partial charge on any atom is -0.458 e. The molecule has 0 aromatic rings. The van der Waals surface area contributed by atoms with Gasteiger partial charge < -0.3 is 14.9 Å². The second-order valence-corrected chi connectivity index (χ2v) is 10.7. The number of fused-ring (bicyclic) bond motifs is 5. The number of carbonyl (C=O) groups excluding carboxylic acids is 3. The number of rotatable bonds is 3. The maximum absolute atomic E-state index is 17.0. The van der Waals surface area contributed by atoms with E-state index in [0.717, 1.165) is 25.2 Å². The quantitative estimate of drug-likeness (QED) is 0.616. The summed E-state index contributed by atoms with van der Waals surface area (Å²) >= 11 is 0. The predicted octanol–water partition coefficient (Wildman–Crippen LogP) is 2.71. The van der Waals surface area contributed by atoms with Gasteiger partial charge in [-0.1, -0.05) is 13.0 Å². The third-order valence-corrected chi connectivity index (χ3v) is 9.36. The second-order valence-electron chi connectivity index (χ2n) is 10.7. The normalized spacial score (nSPS) is 47.8. The Kier molecular flexibility index (Phi) is 5.13. The molecule has 2 N–H and O–H groups in total. The van der Waals surface area contributed by atoms with Gasteiger partial charge in [0.25, 0.3) is 5.92 Å². The Morgan fingerprint density at radius 3 is 2.33 bits per heavy atom. The number of Topliss-reactive ketones (excluding diaryl/α,β-unsaturated/α-hetero) is 1. The summed E-state index contributed by atoms with van der Waals surface area (Å²) < 4.78 is 52.6. The fourth-order valence-corrected chi connectivity index (χ4v) is 7.29. The van der Waals surface area contributed by atoms with Crippen molar-refractivity contribution in [2.45, 2.75) is 70.8 Å². The first-order valence-electron chi connectivity index (χ1n) is 11.1. The summed E-state index contributed by atoms with van der Waals surface area (Å²) in [5.41, 5.74) is -7.90. The number of hydrogen-bond donors (Lipinski definition) is 2. The molecular weight excluding hydrogens is 441 g/mol. The zero-order valence-corrected chi connectivity index (χ0v) is 19.0. The fraction of sp³-hybridized carbons (Fsp3) is 0.708. The van der Waals surface area contributed by atoms with Crippen molar-refractivity contribution in [2.24, 2.45) is 28.1 Å². The summed E-state index contributed by atoms with van der Waals surface area (Å²) in [5, 5.41) is 22.2. The molecule has 182 valence electrons. The molecule has 3 saturated carbocycles. The van der Waals surface area contributed by atoms with E-state index in [4.69, 9.17) is 4.74 Å². The lowest BCUT2D eigenvalue weighted by atomic mass is 9.43. The van der Waals surface area contributed by atoms with E-state index in [9.17, 15) is 24.6 Å². The number of halogens is 3. The Balaban J connectivity index is 1.83. The van der Waals surface area contributed by atoms with Crippen molar-refractivity contribution in [1.82, 2.24) is 0 Å². The number of hydrogen-bond acceptors (Lipinski definition) is 6. The minimum absolute atomic E-state index is 0.115. The minimum atomic E-state index is -3.51. The number of aliphatic hydroxyl groups is 2. The van der Waals surface area contributed by atoms with Gasteiger partial charge in [0, 0.05) is 24.8 Å². The summed E-state index contributed by atoms with van der Waals surface area (Å²) in [5.74, 6) is -7.73. The van der Waals surface area contributed by atoms with Crippen molar-refractivity contribution in [3.05, 3.63) is 23.8 Å². The Bertz CT molecular complexity index is 991. The van der Waals surface area contributed by atoms with Gasteiger partial charge in [-0.25, -0.2) is 13.2 Å². The molecule has 0 amide bonds. The van der Waals surface area contributed by atoms with E-state index in [1.165, 1.54) is 13.8 Å². The molecule has 3 fully saturated rings. The smallest absolute Gasteiger partial charge is 0.303 e. The molecule has 33 heavy (non-hydrogen) atoms. The molecule has 0 aromatic heterocycles. The van der Waals surface area contributed by atoms with Gasteiger partial charge in [-0.15, -0.1) is 0 Å².